The molecule has 0 aliphatic rings. The number of aliphatic hydroxyl groups is 1. The van der Waals surface area contributed by atoms with Gasteiger partial charge >= 0.3 is 5.69 Å². The maximum absolute atomic E-state index is 13.2. The van der Waals surface area contributed by atoms with E-state index < -0.39 is 22.3 Å². The van der Waals surface area contributed by atoms with Crippen LogP contribution in [0.15, 0.2) is 42.5 Å². The lowest BCUT2D eigenvalue weighted by Crippen LogP contribution is -2.13. The van der Waals surface area contributed by atoms with Gasteiger partial charge in [-0.2, -0.15) is 4.39 Å². The van der Waals surface area contributed by atoms with E-state index in [2.05, 4.69) is 5.32 Å². The smallest absolute Gasteiger partial charge is 0.305 e. The molecule has 0 aromatic heterocycles. The Morgan fingerprint density at radius 2 is 2.00 bits per heavy atom. The summed E-state index contributed by atoms with van der Waals surface area (Å²) in [6, 6.07) is 9.46. The second kappa shape index (κ2) is 6.10. The summed E-state index contributed by atoms with van der Waals surface area (Å²) in [6.07, 6.45) is 0. The van der Waals surface area contributed by atoms with Crippen molar-refractivity contribution in [1.82, 2.24) is 0 Å². The van der Waals surface area contributed by atoms with Crippen molar-refractivity contribution in [2.24, 2.45) is 0 Å². The number of amides is 1. The maximum atomic E-state index is 13.2. The highest BCUT2D eigenvalue weighted by atomic mass is 19.1. The molecule has 0 fully saturated rings. The van der Waals surface area contributed by atoms with Crippen LogP contribution >= 0.6 is 0 Å². The fourth-order valence-corrected chi connectivity index (χ4v) is 1.77. The number of nitrogens with zero attached hydrogens (tertiary/aromatic N) is 1. The Morgan fingerprint density at radius 3 is 2.67 bits per heavy atom. The van der Waals surface area contributed by atoms with E-state index in [1.807, 2.05) is 0 Å². The van der Waals surface area contributed by atoms with Crippen LogP contribution in [0.2, 0.25) is 0 Å². The van der Waals surface area contributed by atoms with E-state index >= 15 is 0 Å². The number of nitro groups is 1. The minimum atomic E-state index is -1.01. The molecule has 2 rings (SSSR count). The first-order chi connectivity index (χ1) is 10.0. The quantitative estimate of drug-likeness (QED) is 0.668. The molecule has 7 heteroatoms. The monoisotopic (exact) mass is 290 g/mol. The van der Waals surface area contributed by atoms with Crippen LogP contribution in [0.5, 0.6) is 0 Å². The van der Waals surface area contributed by atoms with Gasteiger partial charge in [0.25, 0.3) is 5.91 Å². The zero-order valence-electron chi connectivity index (χ0n) is 10.7. The van der Waals surface area contributed by atoms with Crippen molar-refractivity contribution in [2.45, 2.75) is 6.61 Å². The highest BCUT2D eigenvalue weighted by Gasteiger charge is 2.18. The molecule has 0 radical (unpaired) electrons. The number of carbonyl (C=O) groups excluding carboxylic acids is 1. The number of hydrogen-bond acceptors (Lipinski definition) is 4. The largest absolute Gasteiger partial charge is 0.392 e. The van der Waals surface area contributed by atoms with Crippen LogP contribution in [0.25, 0.3) is 0 Å². The van der Waals surface area contributed by atoms with Gasteiger partial charge in [-0.1, -0.05) is 18.2 Å². The average molecular weight is 290 g/mol. The second-order valence-electron chi connectivity index (χ2n) is 4.19. The number of para-hydroxylation sites is 1. The molecule has 0 aliphatic heterocycles. The van der Waals surface area contributed by atoms with Crippen molar-refractivity contribution in [3.63, 3.8) is 0 Å². The summed E-state index contributed by atoms with van der Waals surface area (Å²) < 4.78 is 13.2. The van der Waals surface area contributed by atoms with Crippen LogP contribution in [0, 0.1) is 15.9 Å². The number of benzene rings is 2. The number of carbonyl (C=O) groups is 1. The minimum Gasteiger partial charge on any atom is -0.392 e. The Morgan fingerprint density at radius 1 is 1.29 bits per heavy atom. The summed E-state index contributed by atoms with van der Waals surface area (Å²) in [7, 11) is 0. The number of nitrogens with one attached hydrogen (secondary N) is 1. The topological polar surface area (TPSA) is 92.5 Å². The molecule has 0 atom stereocenters. The Labute approximate surface area is 119 Å². The molecule has 2 aromatic carbocycles. The Bertz CT molecular complexity index is 703. The fourth-order valence-electron chi connectivity index (χ4n) is 1.77. The van der Waals surface area contributed by atoms with Crippen molar-refractivity contribution in [2.75, 3.05) is 5.32 Å². The van der Waals surface area contributed by atoms with Crippen LogP contribution in [-0.2, 0) is 6.61 Å². The Hall–Kier alpha value is -2.80. The first kappa shape index (κ1) is 14.6. The van der Waals surface area contributed by atoms with Gasteiger partial charge < -0.3 is 10.4 Å². The van der Waals surface area contributed by atoms with Crippen LogP contribution in [0.1, 0.15) is 15.9 Å². The van der Waals surface area contributed by atoms with Crippen LogP contribution in [0.3, 0.4) is 0 Å². The van der Waals surface area contributed by atoms with Crippen LogP contribution in [-0.4, -0.2) is 15.9 Å². The molecular formula is C14H11FN2O4. The summed E-state index contributed by atoms with van der Waals surface area (Å²) in [5.41, 5.74) is 0.0772. The fraction of sp³-hybridized carbons (Fsp3) is 0.0714. The third kappa shape index (κ3) is 3.21. The lowest BCUT2D eigenvalue weighted by Gasteiger charge is -2.09. The van der Waals surface area contributed by atoms with E-state index in [-0.39, 0.29) is 12.2 Å². The third-order valence-corrected chi connectivity index (χ3v) is 2.84. The van der Waals surface area contributed by atoms with Gasteiger partial charge in [0.1, 0.15) is 0 Å². The van der Waals surface area contributed by atoms with Gasteiger partial charge in [0, 0.05) is 22.9 Å². The van der Waals surface area contributed by atoms with Crippen molar-refractivity contribution in [1.29, 1.82) is 0 Å². The zero-order chi connectivity index (χ0) is 15.4. The second-order valence-corrected chi connectivity index (χ2v) is 4.19. The molecule has 1 amide bonds. The highest BCUT2D eigenvalue weighted by molar-refractivity contribution is 6.05. The van der Waals surface area contributed by atoms with E-state index in [4.69, 9.17) is 5.11 Å². The molecule has 0 aliphatic carbocycles. The molecule has 2 aromatic rings. The van der Waals surface area contributed by atoms with Gasteiger partial charge in [-0.15, -0.1) is 0 Å². The van der Waals surface area contributed by atoms with Crippen molar-refractivity contribution < 1.29 is 19.2 Å². The summed E-state index contributed by atoms with van der Waals surface area (Å²) in [6.45, 7) is -0.264. The zero-order valence-corrected chi connectivity index (χ0v) is 10.7. The summed E-state index contributed by atoms with van der Waals surface area (Å²) >= 11 is 0. The van der Waals surface area contributed by atoms with E-state index in [0.29, 0.717) is 11.3 Å². The van der Waals surface area contributed by atoms with E-state index in [0.717, 1.165) is 18.2 Å². The minimum absolute atomic E-state index is 0.0455. The molecule has 0 spiro atoms. The Balaban J connectivity index is 2.29. The Kier molecular flexibility index (Phi) is 4.24. The third-order valence-electron chi connectivity index (χ3n) is 2.84. The number of anilines is 1. The maximum Gasteiger partial charge on any atom is 0.305 e. The van der Waals surface area contributed by atoms with Gasteiger partial charge in [-0.25, -0.2) is 0 Å². The summed E-state index contributed by atoms with van der Waals surface area (Å²) in [4.78, 5) is 21.8. The lowest BCUT2D eigenvalue weighted by molar-refractivity contribution is -0.387. The van der Waals surface area contributed by atoms with Crippen molar-refractivity contribution >= 4 is 17.3 Å². The summed E-state index contributed by atoms with van der Waals surface area (Å²) in [5.74, 6) is -1.63. The normalized spacial score (nSPS) is 10.2. The number of hydrogen-bond donors (Lipinski definition) is 2. The van der Waals surface area contributed by atoms with E-state index in [1.54, 1.807) is 24.3 Å². The van der Waals surface area contributed by atoms with Crippen LogP contribution in [0.4, 0.5) is 15.8 Å². The molecule has 0 unspecified atom stereocenters. The first-order valence-electron chi connectivity index (χ1n) is 5.97. The molecule has 2 N–H and O–H groups in total. The standard InChI is InChI=1S/C14H11FN2O4/c15-11-6-5-9(7-13(11)17(20)21)14(19)16-12-4-2-1-3-10(12)8-18/h1-7,18H,8H2,(H,16,19). The summed E-state index contributed by atoms with van der Waals surface area (Å²) in [5, 5.41) is 22.3. The van der Waals surface area contributed by atoms with E-state index in [1.165, 1.54) is 0 Å². The molecule has 6 nitrogen and oxygen atoms in total. The average Bonchev–Trinajstić information content (AvgIpc) is 2.47. The molecule has 0 saturated heterocycles. The SMILES string of the molecule is O=C(Nc1ccccc1CO)c1ccc(F)c([N+](=O)[O-])c1. The van der Waals surface area contributed by atoms with Gasteiger partial charge in [0.05, 0.1) is 11.5 Å². The molecule has 0 bridgehead atoms. The number of aliphatic hydroxyl groups excluding tert-OH is 1. The van der Waals surface area contributed by atoms with Gasteiger partial charge in [-0.3, -0.25) is 14.9 Å². The number of halogens is 1. The molecule has 108 valence electrons. The number of rotatable bonds is 4. The van der Waals surface area contributed by atoms with Crippen molar-refractivity contribution in [3.8, 4) is 0 Å². The number of nitro benzene ring substituents is 1. The highest BCUT2D eigenvalue weighted by Crippen LogP contribution is 2.20. The van der Waals surface area contributed by atoms with Crippen molar-refractivity contribution in [3.05, 3.63) is 69.5 Å². The van der Waals surface area contributed by atoms with Crippen LogP contribution < -0.4 is 5.32 Å². The predicted molar refractivity (Wildman–Crippen MR) is 73.4 cm³/mol. The molecular weight excluding hydrogens is 279 g/mol. The van der Waals surface area contributed by atoms with Gasteiger partial charge in [0.2, 0.25) is 5.82 Å². The molecule has 0 heterocycles. The van der Waals surface area contributed by atoms with Gasteiger partial charge in [0.15, 0.2) is 0 Å². The predicted octanol–water partition coefficient (Wildman–Crippen LogP) is 2.48. The van der Waals surface area contributed by atoms with Gasteiger partial charge in [-0.05, 0) is 18.2 Å². The van der Waals surface area contributed by atoms with E-state index in [9.17, 15) is 19.3 Å². The molecule has 0 saturated carbocycles. The lowest BCUT2D eigenvalue weighted by atomic mass is 10.1. The molecule has 21 heavy (non-hydrogen) atoms. The first-order valence-corrected chi connectivity index (χ1v) is 5.97.